The molecule has 7 nitrogen and oxygen atoms in total. The van der Waals surface area contributed by atoms with Gasteiger partial charge in [0, 0.05) is 62.4 Å². The van der Waals surface area contributed by atoms with E-state index in [1.807, 2.05) is 17.3 Å². The van der Waals surface area contributed by atoms with E-state index in [0.717, 1.165) is 62.4 Å². The van der Waals surface area contributed by atoms with Crippen molar-refractivity contribution in [1.29, 1.82) is 0 Å². The molecule has 4 heterocycles. The molecule has 0 spiro atoms. The number of nitrogens with zero attached hydrogens (tertiary/aromatic N) is 5. The first-order valence-electron chi connectivity index (χ1n) is 11.1. The lowest BCUT2D eigenvalue weighted by atomic mass is 9.98. The van der Waals surface area contributed by atoms with Gasteiger partial charge in [-0.25, -0.2) is 9.97 Å². The van der Waals surface area contributed by atoms with Crippen LogP contribution in [0.15, 0.2) is 12.4 Å². The van der Waals surface area contributed by atoms with Crippen molar-refractivity contribution in [3.05, 3.63) is 40.7 Å². The number of aromatic nitrogens is 4. The molecule has 2 aromatic heterocycles. The Bertz CT molecular complexity index is 885. The number of carbonyl (C=O) groups excluding carboxylic acids is 1. The van der Waals surface area contributed by atoms with Gasteiger partial charge in [-0.05, 0) is 50.6 Å². The van der Waals surface area contributed by atoms with Crippen LogP contribution in [0, 0.1) is 0 Å². The van der Waals surface area contributed by atoms with Crippen molar-refractivity contribution in [2.75, 3.05) is 19.6 Å². The fourth-order valence-corrected chi connectivity index (χ4v) is 4.92. The Labute approximate surface area is 171 Å². The summed E-state index contributed by atoms with van der Waals surface area (Å²) in [5.41, 5.74) is 4.95. The van der Waals surface area contributed by atoms with Crippen molar-refractivity contribution in [3.8, 4) is 0 Å². The molecule has 1 atom stereocenters. The van der Waals surface area contributed by atoms with Gasteiger partial charge in [0.15, 0.2) is 0 Å². The summed E-state index contributed by atoms with van der Waals surface area (Å²) in [6.07, 6.45) is 12.3. The van der Waals surface area contributed by atoms with Gasteiger partial charge in [0.05, 0.1) is 11.9 Å². The van der Waals surface area contributed by atoms with E-state index in [9.17, 15) is 4.79 Å². The molecule has 29 heavy (non-hydrogen) atoms. The summed E-state index contributed by atoms with van der Waals surface area (Å²) in [7, 11) is 0. The molecule has 1 aliphatic carbocycles. The van der Waals surface area contributed by atoms with Crippen LogP contribution < -0.4 is 5.32 Å². The molecule has 1 N–H and O–H groups in total. The van der Waals surface area contributed by atoms with E-state index in [4.69, 9.17) is 4.98 Å². The second kappa shape index (κ2) is 8.22. The van der Waals surface area contributed by atoms with E-state index in [0.29, 0.717) is 25.4 Å². The smallest absolute Gasteiger partial charge is 0.224 e. The van der Waals surface area contributed by atoms with E-state index < -0.39 is 0 Å². The van der Waals surface area contributed by atoms with Crippen LogP contribution in [0.5, 0.6) is 0 Å². The summed E-state index contributed by atoms with van der Waals surface area (Å²) in [4.78, 5) is 24.3. The fourth-order valence-electron chi connectivity index (χ4n) is 4.92. The minimum Gasteiger partial charge on any atom is -0.338 e. The minimum atomic E-state index is 0.205. The first kappa shape index (κ1) is 18.7. The number of hydrogen-bond donors (Lipinski definition) is 1. The number of nitrogens with one attached hydrogen (secondary N) is 1. The third-order valence-corrected chi connectivity index (χ3v) is 6.65. The molecule has 0 aromatic carbocycles. The van der Waals surface area contributed by atoms with Crippen LogP contribution in [0.1, 0.15) is 66.4 Å². The van der Waals surface area contributed by atoms with Crippen molar-refractivity contribution in [2.45, 2.75) is 70.4 Å². The number of hydrogen-bond acceptors (Lipinski definition) is 5. The number of aryl methyl sites for hydroxylation is 2. The average molecular weight is 395 g/mol. The van der Waals surface area contributed by atoms with Crippen molar-refractivity contribution in [1.82, 2.24) is 30.0 Å². The van der Waals surface area contributed by atoms with Gasteiger partial charge in [0.25, 0.3) is 0 Å². The van der Waals surface area contributed by atoms with E-state index in [-0.39, 0.29) is 5.91 Å². The summed E-state index contributed by atoms with van der Waals surface area (Å²) < 4.78 is 2.05. The number of rotatable bonds is 4. The van der Waals surface area contributed by atoms with E-state index in [1.54, 1.807) is 0 Å². The SMILES string of the molecule is O=C(CCn1ncc2c1CCCC2)N1CCc2nc([C@H]3CCCNC3)ncc2C1. The van der Waals surface area contributed by atoms with Crippen LogP contribution in [0.2, 0.25) is 0 Å². The molecule has 1 fully saturated rings. The van der Waals surface area contributed by atoms with Crippen molar-refractivity contribution >= 4 is 5.91 Å². The fraction of sp³-hybridized carbons (Fsp3) is 0.636. The van der Waals surface area contributed by atoms with Crippen LogP contribution in [-0.4, -0.2) is 50.2 Å². The van der Waals surface area contributed by atoms with Crippen LogP contribution in [0.3, 0.4) is 0 Å². The quantitative estimate of drug-likeness (QED) is 0.858. The van der Waals surface area contributed by atoms with Crippen LogP contribution in [0.25, 0.3) is 0 Å². The zero-order valence-electron chi connectivity index (χ0n) is 17.1. The third kappa shape index (κ3) is 3.92. The predicted octanol–water partition coefficient (Wildman–Crippen LogP) is 1.99. The summed E-state index contributed by atoms with van der Waals surface area (Å²) in [5.74, 6) is 1.60. The number of piperidine rings is 1. The van der Waals surface area contributed by atoms with E-state index in [1.165, 1.54) is 30.5 Å². The second-order valence-electron chi connectivity index (χ2n) is 8.61. The first-order valence-corrected chi connectivity index (χ1v) is 11.1. The molecule has 5 rings (SSSR count). The van der Waals surface area contributed by atoms with E-state index in [2.05, 4.69) is 20.1 Å². The Morgan fingerprint density at radius 3 is 2.97 bits per heavy atom. The zero-order chi connectivity index (χ0) is 19.6. The molecule has 7 heteroatoms. The normalized spacial score (nSPS) is 21.5. The van der Waals surface area contributed by atoms with Crippen LogP contribution in [0.4, 0.5) is 0 Å². The van der Waals surface area contributed by atoms with Gasteiger partial charge in [0.1, 0.15) is 5.82 Å². The lowest BCUT2D eigenvalue weighted by Crippen LogP contribution is -2.37. The molecule has 3 aliphatic rings. The highest BCUT2D eigenvalue weighted by Gasteiger charge is 2.25. The average Bonchev–Trinajstić information content (AvgIpc) is 3.20. The maximum atomic E-state index is 12.8. The lowest BCUT2D eigenvalue weighted by molar-refractivity contribution is -0.132. The summed E-state index contributed by atoms with van der Waals surface area (Å²) in [6.45, 7) is 4.14. The molecular formula is C22H30N6O. The van der Waals surface area contributed by atoms with Crippen molar-refractivity contribution in [2.24, 2.45) is 0 Å². The second-order valence-corrected chi connectivity index (χ2v) is 8.61. The van der Waals surface area contributed by atoms with Crippen LogP contribution >= 0.6 is 0 Å². The zero-order valence-corrected chi connectivity index (χ0v) is 17.1. The molecule has 0 radical (unpaired) electrons. The standard InChI is InChI=1S/C22H30N6O/c29-21(8-11-28-20-6-2-1-4-16(20)14-25-28)27-10-7-19-18(15-27)13-24-22(26-19)17-5-3-9-23-12-17/h13-14,17,23H,1-12,15H2/t17-/m0/s1. The van der Waals surface area contributed by atoms with Gasteiger partial charge in [0.2, 0.25) is 5.91 Å². The molecule has 0 unspecified atom stereocenters. The molecule has 2 aromatic rings. The van der Waals surface area contributed by atoms with Gasteiger partial charge < -0.3 is 10.2 Å². The van der Waals surface area contributed by atoms with Gasteiger partial charge in [-0.1, -0.05) is 0 Å². The Kier molecular flexibility index (Phi) is 5.31. The maximum Gasteiger partial charge on any atom is 0.224 e. The molecule has 154 valence electrons. The van der Waals surface area contributed by atoms with Gasteiger partial charge in [-0.3, -0.25) is 9.48 Å². The molecule has 0 saturated carbocycles. The van der Waals surface area contributed by atoms with E-state index >= 15 is 0 Å². The van der Waals surface area contributed by atoms with Crippen LogP contribution in [-0.2, 0) is 37.1 Å². The van der Waals surface area contributed by atoms with Gasteiger partial charge in [-0.15, -0.1) is 0 Å². The Morgan fingerprint density at radius 1 is 1.14 bits per heavy atom. The highest BCUT2D eigenvalue weighted by Crippen LogP contribution is 2.24. The Hall–Kier alpha value is -2.28. The van der Waals surface area contributed by atoms with Crippen molar-refractivity contribution < 1.29 is 4.79 Å². The Balaban J connectivity index is 1.20. The molecule has 1 amide bonds. The topological polar surface area (TPSA) is 75.9 Å². The third-order valence-electron chi connectivity index (χ3n) is 6.65. The first-order chi connectivity index (χ1) is 14.3. The van der Waals surface area contributed by atoms with Gasteiger partial charge in [-0.2, -0.15) is 5.10 Å². The summed E-state index contributed by atoms with van der Waals surface area (Å²) in [6, 6.07) is 0. The van der Waals surface area contributed by atoms with Gasteiger partial charge >= 0.3 is 0 Å². The minimum absolute atomic E-state index is 0.205. The largest absolute Gasteiger partial charge is 0.338 e. The monoisotopic (exact) mass is 394 g/mol. The number of carbonyl (C=O) groups is 1. The highest BCUT2D eigenvalue weighted by molar-refractivity contribution is 5.76. The lowest BCUT2D eigenvalue weighted by Gasteiger charge is -2.29. The summed E-state index contributed by atoms with van der Waals surface area (Å²) >= 11 is 0. The Morgan fingerprint density at radius 2 is 2.07 bits per heavy atom. The van der Waals surface area contributed by atoms with Crippen molar-refractivity contribution in [3.63, 3.8) is 0 Å². The highest BCUT2D eigenvalue weighted by atomic mass is 16.2. The maximum absolute atomic E-state index is 12.8. The molecule has 0 bridgehead atoms. The molecular weight excluding hydrogens is 364 g/mol. The predicted molar refractivity (Wildman–Crippen MR) is 109 cm³/mol. The molecule has 1 saturated heterocycles. The number of fused-ring (bicyclic) bond motifs is 2. The number of amides is 1. The summed E-state index contributed by atoms with van der Waals surface area (Å²) in [5, 5.41) is 7.97. The molecule has 2 aliphatic heterocycles.